The summed E-state index contributed by atoms with van der Waals surface area (Å²) in [5.41, 5.74) is 3.66. The lowest BCUT2D eigenvalue weighted by Crippen LogP contribution is -2.38. The zero-order valence-electron chi connectivity index (χ0n) is 11.2. The predicted octanol–water partition coefficient (Wildman–Crippen LogP) is 4.30. The van der Waals surface area contributed by atoms with Gasteiger partial charge in [0.2, 0.25) is 0 Å². The van der Waals surface area contributed by atoms with E-state index in [4.69, 9.17) is 29.0 Å². The van der Waals surface area contributed by atoms with Gasteiger partial charge in [-0.3, -0.25) is 11.3 Å². The number of hydrogen-bond acceptors (Lipinski definition) is 3. The third-order valence-electron chi connectivity index (χ3n) is 2.99. The first-order chi connectivity index (χ1) is 10.1. The van der Waals surface area contributed by atoms with Gasteiger partial charge in [-0.25, -0.2) is 4.39 Å². The third kappa shape index (κ3) is 4.87. The summed E-state index contributed by atoms with van der Waals surface area (Å²) < 4.78 is 13.6. The molecule has 2 aromatic rings. The van der Waals surface area contributed by atoms with Crippen LogP contribution in [0.15, 0.2) is 47.4 Å². The average molecular weight is 345 g/mol. The summed E-state index contributed by atoms with van der Waals surface area (Å²) in [6, 6.07) is 12.0. The molecule has 2 aromatic carbocycles. The van der Waals surface area contributed by atoms with Crippen LogP contribution in [0.1, 0.15) is 5.56 Å². The predicted molar refractivity (Wildman–Crippen MR) is 88.4 cm³/mol. The van der Waals surface area contributed by atoms with Crippen LogP contribution in [0.3, 0.4) is 0 Å². The van der Waals surface area contributed by atoms with Crippen molar-refractivity contribution in [2.24, 2.45) is 5.84 Å². The Balaban J connectivity index is 2.00. The maximum absolute atomic E-state index is 13.6. The van der Waals surface area contributed by atoms with Crippen LogP contribution in [0.4, 0.5) is 4.39 Å². The monoisotopic (exact) mass is 344 g/mol. The van der Waals surface area contributed by atoms with Crippen molar-refractivity contribution in [2.45, 2.75) is 17.4 Å². The van der Waals surface area contributed by atoms with E-state index in [1.165, 1.54) is 17.8 Å². The van der Waals surface area contributed by atoms with Crippen molar-refractivity contribution in [2.75, 3.05) is 5.75 Å². The van der Waals surface area contributed by atoms with Crippen molar-refractivity contribution in [3.8, 4) is 0 Å². The lowest BCUT2D eigenvalue weighted by molar-refractivity contribution is 0.573. The second-order valence-electron chi connectivity index (χ2n) is 4.54. The summed E-state index contributed by atoms with van der Waals surface area (Å²) in [7, 11) is 0. The molecule has 2 nitrogen and oxygen atoms in total. The molecule has 112 valence electrons. The number of benzene rings is 2. The van der Waals surface area contributed by atoms with E-state index in [0.717, 1.165) is 5.56 Å². The van der Waals surface area contributed by atoms with Crippen molar-refractivity contribution < 1.29 is 4.39 Å². The highest BCUT2D eigenvalue weighted by atomic mass is 35.5. The molecule has 0 aromatic heterocycles. The van der Waals surface area contributed by atoms with Gasteiger partial charge >= 0.3 is 0 Å². The van der Waals surface area contributed by atoms with E-state index in [0.29, 0.717) is 27.1 Å². The lowest BCUT2D eigenvalue weighted by Gasteiger charge is -2.16. The van der Waals surface area contributed by atoms with Crippen molar-refractivity contribution in [1.29, 1.82) is 0 Å². The number of hydrogen-bond donors (Lipinski definition) is 2. The maximum atomic E-state index is 13.6. The van der Waals surface area contributed by atoms with Gasteiger partial charge in [0.15, 0.2) is 0 Å². The highest BCUT2D eigenvalue weighted by Crippen LogP contribution is 2.25. The number of rotatable bonds is 6. The number of halogens is 3. The summed E-state index contributed by atoms with van der Waals surface area (Å²) in [6.07, 6.45) is 0.622. The van der Waals surface area contributed by atoms with Crippen LogP contribution in [0.2, 0.25) is 10.0 Å². The summed E-state index contributed by atoms with van der Waals surface area (Å²) in [4.78, 5) is 0.606. The molecule has 0 saturated carbocycles. The van der Waals surface area contributed by atoms with Gasteiger partial charge in [0.25, 0.3) is 0 Å². The summed E-state index contributed by atoms with van der Waals surface area (Å²) in [5, 5.41) is 1.28. The van der Waals surface area contributed by atoms with Gasteiger partial charge in [0.1, 0.15) is 5.82 Å². The highest BCUT2D eigenvalue weighted by Gasteiger charge is 2.12. The molecule has 3 N–H and O–H groups in total. The molecular formula is C15H15Cl2FN2S. The van der Waals surface area contributed by atoms with Crippen LogP contribution >= 0.6 is 35.0 Å². The Morgan fingerprint density at radius 3 is 2.67 bits per heavy atom. The zero-order valence-corrected chi connectivity index (χ0v) is 13.5. The van der Waals surface area contributed by atoms with Gasteiger partial charge in [0.05, 0.1) is 0 Å². The molecule has 0 aliphatic carbocycles. The molecule has 0 fully saturated rings. The molecule has 0 amide bonds. The Kier molecular flexibility index (Phi) is 6.33. The molecule has 0 spiro atoms. The van der Waals surface area contributed by atoms with Crippen molar-refractivity contribution >= 4 is 35.0 Å². The van der Waals surface area contributed by atoms with Gasteiger partial charge in [-0.2, -0.15) is 0 Å². The Labute approximate surface area is 137 Å². The minimum absolute atomic E-state index is 0.0365. The van der Waals surface area contributed by atoms with Crippen LogP contribution in [-0.4, -0.2) is 11.8 Å². The normalized spacial score (nSPS) is 12.4. The minimum Gasteiger partial charge on any atom is -0.271 e. The van der Waals surface area contributed by atoms with Crippen molar-refractivity contribution in [3.63, 3.8) is 0 Å². The molecule has 0 radical (unpaired) electrons. The van der Waals surface area contributed by atoms with Gasteiger partial charge in [-0.15, -0.1) is 11.8 Å². The Hall–Kier alpha value is -0.780. The van der Waals surface area contributed by atoms with E-state index in [-0.39, 0.29) is 11.9 Å². The van der Waals surface area contributed by atoms with Crippen molar-refractivity contribution in [3.05, 3.63) is 63.9 Å². The summed E-state index contributed by atoms with van der Waals surface area (Å²) in [6.45, 7) is 0. The Morgan fingerprint density at radius 2 is 1.95 bits per heavy atom. The molecular weight excluding hydrogens is 330 g/mol. The van der Waals surface area contributed by atoms with E-state index in [2.05, 4.69) is 5.43 Å². The summed E-state index contributed by atoms with van der Waals surface area (Å²) in [5.74, 6) is 5.98. The van der Waals surface area contributed by atoms with E-state index >= 15 is 0 Å². The second-order valence-corrected chi connectivity index (χ2v) is 6.45. The standard InChI is InChI=1S/C15H15Cl2FN2S/c16-11-5-6-13(17)10(7-11)8-12(20-19)9-21-15-4-2-1-3-14(15)18/h1-7,12,20H,8-9,19H2. The minimum atomic E-state index is -0.223. The van der Waals surface area contributed by atoms with Gasteiger partial charge in [-0.1, -0.05) is 35.3 Å². The lowest BCUT2D eigenvalue weighted by atomic mass is 10.1. The van der Waals surface area contributed by atoms with E-state index in [9.17, 15) is 4.39 Å². The largest absolute Gasteiger partial charge is 0.271 e. The Morgan fingerprint density at radius 1 is 1.19 bits per heavy atom. The first-order valence-electron chi connectivity index (χ1n) is 6.37. The molecule has 1 unspecified atom stereocenters. The highest BCUT2D eigenvalue weighted by molar-refractivity contribution is 7.99. The van der Waals surface area contributed by atoms with Gasteiger partial charge < -0.3 is 0 Å². The number of thioether (sulfide) groups is 1. The zero-order chi connectivity index (χ0) is 15.2. The van der Waals surface area contributed by atoms with E-state index < -0.39 is 0 Å². The van der Waals surface area contributed by atoms with E-state index in [1.54, 1.807) is 24.3 Å². The van der Waals surface area contributed by atoms with Gasteiger partial charge in [-0.05, 0) is 42.3 Å². The molecule has 21 heavy (non-hydrogen) atoms. The third-order valence-corrected chi connectivity index (χ3v) is 4.80. The molecule has 0 heterocycles. The first-order valence-corrected chi connectivity index (χ1v) is 8.11. The molecule has 2 rings (SSSR count). The quantitative estimate of drug-likeness (QED) is 0.466. The number of nitrogens with one attached hydrogen (secondary N) is 1. The molecule has 6 heteroatoms. The topological polar surface area (TPSA) is 38.0 Å². The molecule has 0 saturated heterocycles. The molecule has 0 aliphatic heterocycles. The summed E-state index contributed by atoms with van der Waals surface area (Å²) >= 11 is 13.5. The fourth-order valence-electron chi connectivity index (χ4n) is 1.88. The van der Waals surface area contributed by atoms with Crippen LogP contribution in [0.25, 0.3) is 0 Å². The fraction of sp³-hybridized carbons (Fsp3) is 0.200. The number of nitrogens with two attached hydrogens (primary N) is 1. The molecule has 0 bridgehead atoms. The van der Waals surface area contributed by atoms with Crippen LogP contribution in [0.5, 0.6) is 0 Å². The first kappa shape index (κ1) is 16.6. The van der Waals surface area contributed by atoms with Crippen LogP contribution in [0, 0.1) is 5.82 Å². The number of hydrazine groups is 1. The van der Waals surface area contributed by atoms with Gasteiger partial charge in [0, 0.05) is 26.7 Å². The smallest absolute Gasteiger partial charge is 0.136 e. The van der Waals surface area contributed by atoms with Crippen LogP contribution in [-0.2, 0) is 6.42 Å². The van der Waals surface area contributed by atoms with E-state index in [1.807, 2.05) is 12.1 Å². The van der Waals surface area contributed by atoms with Crippen LogP contribution < -0.4 is 11.3 Å². The second kappa shape index (κ2) is 8.01. The van der Waals surface area contributed by atoms with Crippen molar-refractivity contribution in [1.82, 2.24) is 5.43 Å². The SMILES string of the molecule is NNC(CSc1ccccc1F)Cc1cc(Cl)ccc1Cl. The molecule has 0 aliphatic rings. The Bertz CT molecular complexity index is 610. The maximum Gasteiger partial charge on any atom is 0.136 e. The fourth-order valence-corrected chi connectivity index (χ4v) is 3.25. The molecule has 1 atom stereocenters. The average Bonchev–Trinajstić information content (AvgIpc) is 2.48.